The lowest BCUT2D eigenvalue weighted by Crippen LogP contribution is -2.37. The largest absolute Gasteiger partial charge is 0.370 e. The fraction of sp³-hybridized carbons (Fsp3) is 0.923. The maximum absolute atomic E-state index is 5.41. The van der Waals surface area contributed by atoms with Crippen LogP contribution in [0.2, 0.25) is 0 Å². The molecule has 0 aromatic heterocycles. The van der Waals surface area contributed by atoms with E-state index in [-0.39, 0.29) is 5.96 Å². The third kappa shape index (κ3) is 3.87. The molecule has 1 atom stereocenters. The second-order valence-electron chi connectivity index (χ2n) is 5.56. The summed E-state index contributed by atoms with van der Waals surface area (Å²) >= 11 is 0. The maximum Gasteiger partial charge on any atom is 0.185 e. The van der Waals surface area contributed by atoms with Gasteiger partial charge in [-0.05, 0) is 38.1 Å². The van der Waals surface area contributed by atoms with E-state index in [0.717, 1.165) is 12.5 Å². The van der Waals surface area contributed by atoms with Crippen molar-refractivity contribution in [1.29, 1.82) is 0 Å². The highest BCUT2D eigenvalue weighted by Crippen LogP contribution is 2.27. The van der Waals surface area contributed by atoms with Gasteiger partial charge in [-0.3, -0.25) is 9.89 Å². The van der Waals surface area contributed by atoms with Crippen LogP contribution in [0, 0.1) is 5.92 Å². The average Bonchev–Trinajstić information content (AvgIpc) is 2.75. The lowest BCUT2D eigenvalue weighted by molar-refractivity contribution is 0.191. The number of aliphatic imine (C=N–C) groups is 1. The second-order valence-corrected chi connectivity index (χ2v) is 5.56. The molecule has 1 heterocycles. The van der Waals surface area contributed by atoms with Crippen molar-refractivity contribution >= 4 is 5.96 Å². The van der Waals surface area contributed by atoms with Gasteiger partial charge in [-0.25, -0.2) is 0 Å². The zero-order valence-corrected chi connectivity index (χ0v) is 10.8. The summed E-state index contributed by atoms with van der Waals surface area (Å²) in [4.78, 5) is 6.79. The molecule has 4 heteroatoms. The predicted molar refractivity (Wildman–Crippen MR) is 71.8 cm³/mol. The van der Waals surface area contributed by atoms with E-state index in [1.54, 1.807) is 0 Å². The van der Waals surface area contributed by atoms with E-state index in [9.17, 15) is 0 Å². The molecule has 1 saturated heterocycles. The van der Waals surface area contributed by atoms with Crippen LogP contribution in [-0.4, -0.2) is 36.5 Å². The SMILES string of the molecule is NC(N)=NCC1CCCN1CC1CCCCC1. The number of nitrogens with two attached hydrogens (primary N) is 2. The Bertz CT molecular complexity index is 254. The lowest BCUT2D eigenvalue weighted by atomic mass is 9.89. The van der Waals surface area contributed by atoms with Crippen molar-refractivity contribution in [2.24, 2.45) is 22.4 Å². The van der Waals surface area contributed by atoms with Gasteiger partial charge in [0.1, 0.15) is 0 Å². The van der Waals surface area contributed by atoms with Crippen molar-refractivity contribution < 1.29 is 0 Å². The summed E-state index contributed by atoms with van der Waals surface area (Å²) < 4.78 is 0. The first-order valence-electron chi connectivity index (χ1n) is 7.05. The molecular formula is C13H26N4. The Labute approximate surface area is 104 Å². The van der Waals surface area contributed by atoms with E-state index < -0.39 is 0 Å². The number of hydrogen-bond donors (Lipinski definition) is 2. The van der Waals surface area contributed by atoms with Gasteiger partial charge in [-0.15, -0.1) is 0 Å². The number of likely N-dealkylation sites (tertiary alicyclic amines) is 1. The van der Waals surface area contributed by atoms with Gasteiger partial charge in [-0.1, -0.05) is 19.3 Å². The average molecular weight is 238 g/mol. The summed E-state index contributed by atoms with van der Waals surface area (Å²) in [7, 11) is 0. The van der Waals surface area contributed by atoms with Crippen molar-refractivity contribution in [1.82, 2.24) is 4.90 Å². The van der Waals surface area contributed by atoms with Crippen molar-refractivity contribution in [3.05, 3.63) is 0 Å². The normalized spacial score (nSPS) is 27.2. The van der Waals surface area contributed by atoms with Crippen LogP contribution in [0.25, 0.3) is 0 Å². The van der Waals surface area contributed by atoms with Crippen LogP contribution in [0.4, 0.5) is 0 Å². The Morgan fingerprint density at radius 1 is 1.06 bits per heavy atom. The van der Waals surface area contributed by atoms with Crippen LogP contribution in [0.3, 0.4) is 0 Å². The van der Waals surface area contributed by atoms with Crippen LogP contribution < -0.4 is 11.5 Å². The van der Waals surface area contributed by atoms with Crippen molar-refractivity contribution in [3.8, 4) is 0 Å². The van der Waals surface area contributed by atoms with Gasteiger partial charge < -0.3 is 11.5 Å². The minimum atomic E-state index is 0.231. The topological polar surface area (TPSA) is 67.6 Å². The summed E-state index contributed by atoms with van der Waals surface area (Å²) in [6.45, 7) is 3.29. The minimum Gasteiger partial charge on any atom is -0.370 e. The molecule has 98 valence electrons. The van der Waals surface area contributed by atoms with E-state index in [1.807, 2.05) is 0 Å². The highest BCUT2D eigenvalue weighted by molar-refractivity contribution is 5.75. The van der Waals surface area contributed by atoms with Gasteiger partial charge in [-0.2, -0.15) is 0 Å². The summed E-state index contributed by atoms with van der Waals surface area (Å²) in [5.74, 6) is 1.15. The first-order valence-corrected chi connectivity index (χ1v) is 7.05. The molecule has 0 aromatic carbocycles. The predicted octanol–water partition coefficient (Wildman–Crippen LogP) is 1.30. The van der Waals surface area contributed by atoms with Crippen LogP contribution in [0.5, 0.6) is 0 Å². The zero-order valence-electron chi connectivity index (χ0n) is 10.8. The summed E-state index contributed by atoms with van der Waals surface area (Å²) in [5.41, 5.74) is 10.8. The van der Waals surface area contributed by atoms with E-state index in [4.69, 9.17) is 11.5 Å². The van der Waals surface area contributed by atoms with Gasteiger partial charge in [0.15, 0.2) is 5.96 Å². The van der Waals surface area contributed by atoms with Gasteiger partial charge in [0.2, 0.25) is 0 Å². The van der Waals surface area contributed by atoms with Crippen molar-refractivity contribution in [2.75, 3.05) is 19.6 Å². The smallest absolute Gasteiger partial charge is 0.185 e. The molecule has 4 N–H and O–H groups in total. The summed E-state index contributed by atoms with van der Waals surface area (Å²) in [5, 5.41) is 0. The lowest BCUT2D eigenvalue weighted by Gasteiger charge is -2.30. The zero-order chi connectivity index (χ0) is 12.1. The highest BCUT2D eigenvalue weighted by atomic mass is 15.2. The quantitative estimate of drug-likeness (QED) is 0.573. The molecule has 4 nitrogen and oxygen atoms in total. The molecule has 1 aliphatic carbocycles. The molecule has 0 amide bonds. The van der Waals surface area contributed by atoms with E-state index in [1.165, 1.54) is 58.0 Å². The summed E-state index contributed by atoms with van der Waals surface area (Å²) in [6.07, 6.45) is 9.69. The van der Waals surface area contributed by atoms with Crippen molar-refractivity contribution in [2.45, 2.75) is 51.0 Å². The first kappa shape index (κ1) is 12.7. The van der Waals surface area contributed by atoms with E-state index >= 15 is 0 Å². The summed E-state index contributed by atoms with van der Waals surface area (Å²) in [6, 6.07) is 0.582. The van der Waals surface area contributed by atoms with Crippen LogP contribution >= 0.6 is 0 Å². The van der Waals surface area contributed by atoms with Gasteiger partial charge in [0, 0.05) is 12.6 Å². The molecule has 0 spiro atoms. The third-order valence-electron chi connectivity index (χ3n) is 4.20. The van der Waals surface area contributed by atoms with E-state index in [0.29, 0.717) is 6.04 Å². The Morgan fingerprint density at radius 2 is 1.82 bits per heavy atom. The molecule has 2 aliphatic rings. The van der Waals surface area contributed by atoms with Gasteiger partial charge in [0.05, 0.1) is 6.54 Å². The van der Waals surface area contributed by atoms with E-state index in [2.05, 4.69) is 9.89 Å². The molecule has 0 bridgehead atoms. The standard InChI is InChI=1S/C13H26N4/c14-13(15)16-9-12-7-4-8-17(12)10-11-5-2-1-3-6-11/h11-12H,1-10H2,(H4,14,15,16). The van der Waals surface area contributed by atoms with Crippen LogP contribution in [-0.2, 0) is 0 Å². The molecule has 1 saturated carbocycles. The molecule has 17 heavy (non-hydrogen) atoms. The molecule has 2 rings (SSSR count). The number of nitrogens with zero attached hydrogens (tertiary/aromatic N) is 2. The minimum absolute atomic E-state index is 0.231. The van der Waals surface area contributed by atoms with Gasteiger partial charge in [0.25, 0.3) is 0 Å². The fourth-order valence-electron chi connectivity index (χ4n) is 3.25. The number of guanidine groups is 1. The Morgan fingerprint density at radius 3 is 2.53 bits per heavy atom. The van der Waals surface area contributed by atoms with Crippen molar-refractivity contribution in [3.63, 3.8) is 0 Å². The fourth-order valence-corrected chi connectivity index (χ4v) is 3.25. The molecule has 2 fully saturated rings. The van der Waals surface area contributed by atoms with Crippen LogP contribution in [0.1, 0.15) is 44.9 Å². The molecule has 1 aliphatic heterocycles. The Kier molecular flexibility index (Phi) is 4.66. The molecule has 1 unspecified atom stereocenters. The second kappa shape index (κ2) is 6.24. The monoisotopic (exact) mass is 238 g/mol. The Hall–Kier alpha value is -0.770. The molecule has 0 radical (unpaired) electrons. The maximum atomic E-state index is 5.41. The Balaban J connectivity index is 1.79. The number of hydrogen-bond acceptors (Lipinski definition) is 2. The third-order valence-corrected chi connectivity index (χ3v) is 4.20. The molecular weight excluding hydrogens is 212 g/mol. The van der Waals surface area contributed by atoms with Gasteiger partial charge >= 0.3 is 0 Å². The highest BCUT2D eigenvalue weighted by Gasteiger charge is 2.27. The number of rotatable bonds is 4. The first-order chi connectivity index (χ1) is 8.25. The van der Waals surface area contributed by atoms with Crippen LogP contribution in [0.15, 0.2) is 4.99 Å². The molecule has 0 aromatic rings.